The third kappa shape index (κ3) is 3.63. The van der Waals surface area contributed by atoms with Gasteiger partial charge in [-0.05, 0) is 31.4 Å². The molecule has 0 radical (unpaired) electrons. The molecule has 2 saturated heterocycles. The number of rotatable bonds is 3. The van der Waals surface area contributed by atoms with Crippen LogP contribution in [-0.4, -0.2) is 63.1 Å². The van der Waals surface area contributed by atoms with Gasteiger partial charge in [-0.2, -0.15) is 4.31 Å². The normalized spacial score (nSPS) is 24.7. The van der Waals surface area contributed by atoms with Crippen LogP contribution in [0.2, 0.25) is 0 Å². The molecule has 1 atom stereocenters. The van der Waals surface area contributed by atoms with Gasteiger partial charge in [0.1, 0.15) is 13.2 Å². The predicted octanol–water partition coefficient (Wildman–Crippen LogP) is 0.479. The van der Waals surface area contributed by atoms with Crippen molar-refractivity contribution in [2.24, 2.45) is 0 Å². The number of amides is 1. The van der Waals surface area contributed by atoms with E-state index in [9.17, 15) is 13.2 Å². The first-order chi connectivity index (χ1) is 12.9. The van der Waals surface area contributed by atoms with Crippen LogP contribution >= 0.6 is 0 Å². The molecule has 27 heavy (non-hydrogen) atoms. The third-order valence-electron chi connectivity index (χ3n) is 5.60. The Hall–Kier alpha value is -1.84. The Kier molecular flexibility index (Phi) is 4.77. The Morgan fingerprint density at radius 1 is 1.22 bits per heavy atom. The molecule has 1 aromatic rings. The monoisotopic (exact) mass is 395 g/mol. The highest BCUT2D eigenvalue weighted by atomic mass is 32.2. The molecular formula is C18H25N3O5S. The van der Waals surface area contributed by atoms with E-state index in [0.29, 0.717) is 37.8 Å². The molecule has 1 spiro atoms. The van der Waals surface area contributed by atoms with Crippen molar-refractivity contribution < 1.29 is 22.7 Å². The molecule has 3 aliphatic heterocycles. The zero-order valence-corrected chi connectivity index (χ0v) is 16.2. The summed E-state index contributed by atoms with van der Waals surface area (Å²) in [5.74, 6) is 1.03. The number of nitrogens with zero attached hydrogens (tertiary/aromatic N) is 1. The Morgan fingerprint density at radius 2 is 1.93 bits per heavy atom. The van der Waals surface area contributed by atoms with E-state index in [4.69, 9.17) is 9.47 Å². The lowest BCUT2D eigenvalue weighted by atomic mass is 9.86. The van der Waals surface area contributed by atoms with Crippen LogP contribution in [0.4, 0.5) is 0 Å². The molecule has 9 heteroatoms. The molecule has 0 aliphatic carbocycles. The van der Waals surface area contributed by atoms with Crippen LogP contribution in [-0.2, 0) is 14.8 Å². The van der Waals surface area contributed by atoms with Gasteiger partial charge in [0.2, 0.25) is 15.9 Å². The molecule has 1 aromatic carbocycles. The van der Waals surface area contributed by atoms with Crippen molar-refractivity contribution in [3.05, 3.63) is 18.2 Å². The Balaban J connectivity index is 1.44. The number of carbonyl (C=O) groups excluding carboxylic acids is 1. The summed E-state index contributed by atoms with van der Waals surface area (Å²) in [6, 6.07) is 4.90. The smallest absolute Gasteiger partial charge is 0.243 e. The third-order valence-corrected chi connectivity index (χ3v) is 7.49. The lowest BCUT2D eigenvalue weighted by Gasteiger charge is -2.39. The van der Waals surface area contributed by atoms with E-state index >= 15 is 0 Å². The fraction of sp³-hybridized carbons (Fsp3) is 0.611. The minimum absolute atomic E-state index is 0.0301. The van der Waals surface area contributed by atoms with E-state index in [1.165, 1.54) is 11.2 Å². The van der Waals surface area contributed by atoms with Crippen LogP contribution in [0.15, 0.2) is 23.1 Å². The lowest BCUT2D eigenvalue weighted by molar-refractivity contribution is -0.119. The molecule has 148 valence electrons. The zero-order valence-electron chi connectivity index (χ0n) is 15.4. The first-order valence-corrected chi connectivity index (χ1v) is 10.7. The fourth-order valence-corrected chi connectivity index (χ4v) is 5.67. The summed E-state index contributed by atoms with van der Waals surface area (Å²) < 4.78 is 38.6. The maximum Gasteiger partial charge on any atom is 0.243 e. The van der Waals surface area contributed by atoms with Gasteiger partial charge in [-0.3, -0.25) is 4.79 Å². The van der Waals surface area contributed by atoms with Crippen molar-refractivity contribution in [1.82, 2.24) is 14.9 Å². The van der Waals surface area contributed by atoms with Gasteiger partial charge in [0.25, 0.3) is 0 Å². The number of hydrogen-bond acceptors (Lipinski definition) is 6. The average molecular weight is 395 g/mol. The molecule has 8 nitrogen and oxygen atoms in total. The minimum atomic E-state index is -3.57. The van der Waals surface area contributed by atoms with Crippen molar-refractivity contribution in [3.63, 3.8) is 0 Å². The zero-order chi connectivity index (χ0) is 19.1. The van der Waals surface area contributed by atoms with Gasteiger partial charge in [0.15, 0.2) is 11.5 Å². The second-order valence-corrected chi connectivity index (χ2v) is 9.41. The molecule has 0 aromatic heterocycles. The first-order valence-electron chi connectivity index (χ1n) is 9.30. The van der Waals surface area contributed by atoms with Crippen LogP contribution < -0.4 is 20.1 Å². The van der Waals surface area contributed by atoms with E-state index in [2.05, 4.69) is 10.6 Å². The molecule has 3 aliphatic rings. The second kappa shape index (κ2) is 6.96. The fourth-order valence-electron chi connectivity index (χ4n) is 4.21. The number of carbonyl (C=O) groups is 1. The molecular weight excluding hydrogens is 370 g/mol. The van der Waals surface area contributed by atoms with Crippen molar-refractivity contribution in [2.75, 3.05) is 32.8 Å². The van der Waals surface area contributed by atoms with Crippen molar-refractivity contribution in [2.45, 2.75) is 42.7 Å². The molecule has 4 rings (SSSR count). The highest BCUT2D eigenvalue weighted by Crippen LogP contribution is 2.36. The summed E-state index contributed by atoms with van der Waals surface area (Å²) in [4.78, 5) is 11.5. The van der Waals surface area contributed by atoms with Crippen LogP contribution in [0.25, 0.3) is 0 Å². The van der Waals surface area contributed by atoms with Gasteiger partial charge in [-0.25, -0.2) is 8.42 Å². The number of sulfonamides is 1. The predicted molar refractivity (Wildman–Crippen MR) is 98.4 cm³/mol. The average Bonchev–Trinajstić information content (AvgIpc) is 3.03. The number of nitrogens with one attached hydrogen (secondary N) is 2. The largest absolute Gasteiger partial charge is 0.486 e. The maximum atomic E-state index is 13.0. The lowest BCUT2D eigenvalue weighted by Crippen LogP contribution is -2.51. The molecule has 2 N–H and O–H groups in total. The van der Waals surface area contributed by atoms with E-state index in [-0.39, 0.29) is 22.4 Å². The Morgan fingerprint density at radius 3 is 2.63 bits per heavy atom. The Labute approximate surface area is 159 Å². The number of hydrogen-bond donors (Lipinski definition) is 2. The molecule has 1 amide bonds. The summed E-state index contributed by atoms with van der Waals surface area (Å²) in [6.07, 6.45) is 2.30. The molecule has 0 saturated carbocycles. The Bertz CT molecular complexity index is 833. The number of ether oxygens (including phenoxy) is 2. The van der Waals surface area contributed by atoms with E-state index in [1.54, 1.807) is 18.2 Å². The van der Waals surface area contributed by atoms with Crippen molar-refractivity contribution >= 4 is 15.9 Å². The second-order valence-electron chi connectivity index (χ2n) is 7.47. The summed E-state index contributed by atoms with van der Waals surface area (Å²) >= 11 is 0. The van der Waals surface area contributed by atoms with Gasteiger partial charge in [-0.1, -0.05) is 0 Å². The van der Waals surface area contributed by atoms with E-state index in [0.717, 1.165) is 25.8 Å². The summed E-state index contributed by atoms with van der Waals surface area (Å²) in [5, 5.41) is 6.46. The summed E-state index contributed by atoms with van der Waals surface area (Å²) in [6.45, 7) is 4.05. The van der Waals surface area contributed by atoms with Crippen LogP contribution in [0.3, 0.4) is 0 Å². The SMILES string of the molecule is CC(=O)N[C@@H]1CNC2(CCN(S(=O)(=O)c3ccc4c(c3)OCCO4)CC2)C1. The quantitative estimate of drug-likeness (QED) is 0.773. The molecule has 0 bridgehead atoms. The van der Waals surface area contributed by atoms with Gasteiger partial charge in [0, 0.05) is 44.2 Å². The first kappa shape index (κ1) is 18.5. The summed E-state index contributed by atoms with van der Waals surface area (Å²) in [7, 11) is -3.57. The van der Waals surface area contributed by atoms with Gasteiger partial charge in [-0.15, -0.1) is 0 Å². The number of fused-ring (bicyclic) bond motifs is 1. The summed E-state index contributed by atoms with van der Waals surface area (Å²) in [5.41, 5.74) is -0.0913. The van der Waals surface area contributed by atoms with Crippen molar-refractivity contribution in [1.29, 1.82) is 0 Å². The topological polar surface area (TPSA) is 97.0 Å². The standard InChI is InChI=1S/C18H25N3O5S/c1-13(22)20-14-11-18(19-12-14)4-6-21(7-5-18)27(23,24)15-2-3-16-17(10-15)26-9-8-25-16/h2-3,10,14,19H,4-9,11-12H2,1H3,(H,20,22)/t14-/m0/s1. The molecule has 3 heterocycles. The van der Waals surface area contributed by atoms with Crippen LogP contribution in [0, 0.1) is 0 Å². The highest BCUT2D eigenvalue weighted by Gasteiger charge is 2.43. The number of piperidine rings is 1. The minimum Gasteiger partial charge on any atom is -0.486 e. The van der Waals surface area contributed by atoms with Crippen LogP contribution in [0.5, 0.6) is 11.5 Å². The van der Waals surface area contributed by atoms with Gasteiger partial charge in [0.05, 0.1) is 4.90 Å². The highest BCUT2D eigenvalue weighted by molar-refractivity contribution is 7.89. The van der Waals surface area contributed by atoms with Crippen LogP contribution in [0.1, 0.15) is 26.2 Å². The van der Waals surface area contributed by atoms with Gasteiger partial charge >= 0.3 is 0 Å². The maximum absolute atomic E-state index is 13.0. The van der Waals surface area contributed by atoms with Gasteiger partial charge < -0.3 is 20.1 Å². The number of benzene rings is 1. The van der Waals surface area contributed by atoms with E-state index < -0.39 is 10.0 Å². The molecule has 2 fully saturated rings. The van der Waals surface area contributed by atoms with Crippen molar-refractivity contribution in [3.8, 4) is 11.5 Å². The molecule has 0 unspecified atom stereocenters. The van der Waals surface area contributed by atoms with E-state index in [1.807, 2.05) is 0 Å².